The number of benzene rings is 1. The molecule has 0 aliphatic carbocycles. The van der Waals surface area contributed by atoms with Crippen LogP contribution in [0.15, 0.2) is 24.3 Å². The molecule has 2 nitrogen and oxygen atoms in total. The zero-order chi connectivity index (χ0) is 9.52. The Morgan fingerprint density at radius 3 is 2.85 bits per heavy atom. The third kappa shape index (κ3) is 3.53. The van der Waals surface area contributed by atoms with E-state index in [-0.39, 0.29) is 5.82 Å². The number of halogens is 1. The van der Waals surface area contributed by atoms with Gasteiger partial charge in [-0.2, -0.15) is 0 Å². The summed E-state index contributed by atoms with van der Waals surface area (Å²) in [5, 5.41) is 2.03. The molecule has 1 aromatic carbocycles. The molecule has 0 fully saturated rings. The maximum Gasteiger partial charge on any atom is 0.132 e. The van der Waals surface area contributed by atoms with Crippen LogP contribution < -0.4 is 5.32 Å². The number of ether oxygens (including phenoxy) is 1. The van der Waals surface area contributed by atoms with E-state index in [0.717, 1.165) is 12.1 Å². The molecule has 0 saturated carbocycles. The summed E-state index contributed by atoms with van der Waals surface area (Å²) in [5.41, 5.74) is 0.749. The highest BCUT2D eigenvalue weighted by Gasteiger charge is 2.00. The van der Waals surface area contributed by atoms with E-state index in [1.165, 1.54) is 6.07 Å². The van der Waals surface area contributed by atoms with Crippen molar-refractivity contribution in [1.82, 2.24) is 0 Å². The van der Waals surface area contributed by atoms with Crippen molar-refractivity contribution in [3.05, 3.63) is 35.6 Å². The molecule has 13 heavy (non-hydrogen) atoms. The van der Waals surface area contributed by atoms with Crippen molar-refractivity contribution in [3.63, 3.8) is 0 Å². The van der Waals surface area contributed by atoms with E-state index in [1.54, 1.807) is 19.2 Å². The maximum atomic E-state index is 13.0. The molecule has 1 rings (SSSR count). The number of methoxy groups -OCH3 is 1. The second-order valence-corrected chi connectivity index (χ2v) is 2.87. The van der Waals surface area contributed by atoms with Gasteiger partial charge in [0.15, 0.2) is 0 Å². The smallest absolute Gasteiger partial charge is 0.132 e. The molecular weight excluding hydrogens is 169 g/mol. The molecule has 0 radical (unpaired) electrons. The van der Waals surface area contributed by atoms with Gasteiger partial charge in [-0.15, -0.1) is 0 Å². The van der Waals surface area contributed by atoms with Gasteiger partial charge in [-0.25, -0.2) is 4.39 Å². The lowest BCUT2D eigenvalue weighted by Gasteiger charge is -2.01. The molecule has 0 atom stereocenters. The molecule has 0 saturated heterocycles. The summed E-state index contributed by atoms with van der Waals surface area (Å²) >= 11 is 0. The second-order valence-electron chi connectivity index (χ2n) is 2.87. The lowest BCUT2D eigenvalue weighted by Crippen LogP contribution is -2.83. The van der Waals surface area contributed by atoms with E-state index in [0.29, 0.717) is 13.2 Å². The SMILES string of the molecule is COCC[NH2+]Cc1ccccc1F. The number of nitrogens with two attached hydrogens (primary N) is 1. The molecule has 3 heteroatoms. The van der Waals surface area contributed by atoms with E-state index < -0.39 is 0 Å². The number of hydrogen-bond acceptors (Lipinski definition) is 1. The van der Waals surface area contributed by atoms with Crippen molar-refractivity contribution in [2.45, 2.75) is 6.54 Å². The standard InChI is InChI=1S/C10H14FNO/c1-13-7-6-12-8-9-4-2-3-5-10(9)11/h2-5,12H,6-8H2,1H3/p+1. The van der Waals surface area contributed by atoms with E-state index in [4.69, 9.17) is 4.74 Å². The highest BCUT2D eigenvalue weighted by Crippen LogP contribution is 2.03. The van der Waals surface area contributed by atoms with Crippen molar-refractivity contribution < 1.29 is 14.4 Å². The Bertz CT molecular complexity index is 252. The Hall–Kier alpha value is -0.930. The molecule has 0 spiro atoms. The lowest BCUT2D eigenvalue weighted by atomic mass is 10.2. The lowest BCUT2D eigenvalue weighted by molar-refractivity contribution is -0.672. The number of hydrogen-bond donors (Lipinski definition) is 1. The van der Waals surface area contributed by atoms with Crippen LogP contribution in [0.3, 0.4) is 0 Å². The molecule has 2 N–H and O–H groups in total. The van der Waals surface area contributed by atoms with Crippen molar-refractivity contribution in [2.24, 2.45) is 0 Å². The monoisotopic (exact) mass is 184 g/mol. The second kappa shape index (κ2) is 5.67. The highest BCUT2D eigenvalue weighted by atomic mass is 19.1. The topological polar surface area (TPSA) is 25.8 Å². The first-order chi connectivity index (χ1) is 6.34. The fourth-order valence-electron chi connectivity index (χ4n) is 1.12. The molecule has 0 aliphatic rings. The van der Waals surface area contributed by atoms with Crippen LogP contribution in [0.5, 0.6) is 0 Å². The molecule has 1 aromatic rings. The number of rotatable bonds is 5. The van der Waals surface area contributed by atoms with Crippen LogP contribution in [0.1, 0.15) is 5.56 Å². The summed E-state index contributed by atoms with van der Waals surface area (Å²) in [4.78, 5) is 0. The third-order valence-corrected chi connectivity index (χ3v) is 1.85. The van der Waals surface area contributed by atoms with E-state index in [2.05, 4.69) is 0 Å². The minimum absolute atomic E-state index is 0.129. The molecule has 0 amide bonds. The Balaban J connectivity index is 2.32. The summed E-state index contributed by atoms with van der Waals surface area (Å²) in [5.74, 6) is -0.129. The summed E-state index contributed by atoms with van der Waals surface area (Å²) in [7, 11) is 1.66. The van der Waals surface area contributed by atoms with Crippen molar-refractivity contribution >= 4 is 0 Å². The Morgan fingerprint density at radius 1 is 1.38 bits per heavy atom. The predicted molar refractivity (Wildman–Crippen MR) is 48.8 cm³/mol. The van der Waals surface area contributed by atoms with Gasteiger partial charge in [-0.1, -0.05) is 18.2 Å². The first-order valence-electron chi connectivity index (χ1n) is 4.38. The fraction of sp³-hybridized carbons (Fsp3) is 0.400. The molecule has 0 unspecified atom stereocenters. The minimum Gasteiger partial charge on any atom is -0.379 e. The summed E-state index contributed by atoms with van der Waals surface area (Å²) < 4.78 is 17.9. The molecule has 0 bridgehead atoms. The van der Waals surface area contributed by atoms with Crippen LogP contribution in [0.4, 0.5) is 4.39 Å². The zero-order valence-electron chi connectivity index (χ0n) is 7.79. The van der Waals surface area contributed by atoms with Gasteiger partial charge >= 0.3 is 0 Å². The number of quaternary nitrogens is 1. The van der Waals surface area contributed by atoms with E-state index in [1.807, 2.05) is 11.4 Å². The normalized spacial score (nSPS) is 10.3. The third-order valence-electron chi connectivity index (χ3n) is 1.85. The van der Waals surface area contributed by atoms with Gasteiger partial charge in [-0.05, 0) is 6.07 Å². The first-order valence-corrected chi connectivity index (χ1v) is 4.38. The van der Waals surface area contributed by atoms with E-state index in [9.17, 15) is 4.39 Å². The Labute approximate surface area is 77.7 Å². The predicted octanol–water partition coefficient (Wildman–Crippen LogP) is 0.536. The van der Waals surface area contributed by atoms with Crippen molar-refractivity contribution in [1.29, 1.82) is 0 Å². The van der Waals surface area contributed by atoms with Gasteiger partial charge in [0, 0.05) is 12.7 Å². The summed E-state index contributed by atoms with van der Waals surface area (Å²) in [6.45, 7) is 2.25. The van der Waals surface area contributed by atoms with Crippen LogP contribution in [0.25, 0.3) is 0 Å². The largest absolute Gasteiger partial charge is 0.379 e. The van der Waals surface area contributed by atoms with Crippen LogP contribution in [-0.4, -0.2) is 20.3 Å². The average molecular weight is 184 g/mol. The minimum atomic E-state index is -0.129. The summed E-state index contributed by atoms with van der Waals surface area (Å²) in [6, 6.07) is 6.84. The molecule has 0 aromatic heterocycles. The highest BCUT2D eigenvalue weighted by molar-refractivity contribution is 5.15. The molecule has 0 heterocycles. The molecular formula is C10H15FNO+. The van der Waals surface area contributed by atoms with Crippen LogP contribution in [-0.2, 0) is 11.3 Å². The van der Waals surface area contributed by atoms with Crippen molar-refractivity contribution in [3.8, 4) is 0 Å². The maximum absolute atomic E-state index is 13.0. The Morgan fingerprint density at radius 2 is 2.15 bits per heavy atom. The summed E-state index contributed by atoms with van der Waals surface area (Å²) in [6.07, 6.45) is 0. The van der Waals surface area contributed by atoms with Gasteiger partial charge in [0.1, 0.15) is 12.4 Å². The van der Waals surface area contributed by atoms with Gasteiger partial charge in [0.2, 0.25) is 0 Å². The Kier molecular flexibility index (Phi) is 4.43. The van der Waals surface area contributed by atoms with E-state index >= 15 is 0 Å². The average Bonchev–Trinajstić information content (AvgIpc) is 2.15. The van der Waals surface area contributed by atoms with Gasteiger partial charge < -0.3 is 10.1 Å². The quantitative estimate of drug-likeness (QED) is 0.664. The van der Waals surface area contributed by atoms with Crippen LogP contribution in [0.2, 0.25) is 0 Å². The fourth-order valence-corrected chi connectivity index (χ4v) is 1.12. The van der Waals surface area contributed by atoms with Gasteiger partial charge in [-0.3, -0.25) is 0 Å². The van der Waals surface area contributed by atoms with Crippen LogP contribution in [0, 0.1) is 5.82 Å². The van der Waals surface area contributed by atoms with Gasteiger partial charge in [0.05, 0.1) is 13.2 Å². The first kappa shape index (κ1) is 10.2. The van der Waals surface area contributed by atoms with Gasteiger partial charge in [0.25, 0.3) is 0 Å². The molecule has 72 valence electrons. The zero-order valence-corrected chi connectivity index (χ0v) is 7.79. The van der Waals surface area contributed by atoms with Crippen LogP contribution >= 0.6 is 0 Å². The molecule has 0 aliphatic heterocycles. The van der Waals surface area contributed by atoms with Crippen molar-refractivity contribution in [2.75, 3.05) is 20.3 Å².